The van der Waals surface area contributed by atoms with E-state index in [1.165, 1.54) is 34.6 Å². The second kappa shape index (κ2) is 8.68. The van der Waals surface area contributed by atoms with Gasteiger partial charge in [0.2, 0.25) is 15.9 Å². The minimum atomic E-state index is -3.57. The van der Waals surface area contributed by atoms with Gasteiger partial charge in [-0.3, -0.25) is 4.79 Å². The fourth-order valence-corrected chi connectivity index (χ4v) is 4.14. The number of sulfonamides is 1. The zero-order valence-corrected chi connectivity index (χ0v) is 16.3. The summed E-state index contributed by atoms with van der Waals surface area (Å²) in [6.07, 6.45) is 0. The van der Waals surface area contributed by atoms with Gasteiger partial charge in [0.15, 0.2) is 0 Å². The number of halogens is 1. The Morgan fingerprint density at radius 2 is 1.75 bits per heavy atom. The summed E-state index contributed by atoms with van der Waals surface area (Å²) < 4.78 is 45.2. The van der Waals surface area contributed by atoms with Gasteiger partial charge in [-0.25, -0.2) is 12.8 Å². The molecule has 0 unspecified atom stereocenters. The van der Waals surface area contributed by atoms with E-state index in [-0.39, 0.29) is 23.2 Å². The summed E-state index contributed by atoms with van der Waals surface area (Å²) in [7, 11) is -3.57. The Labute approximate surface area is 163 Å². The Kier molecular flexibility index (Phi) is 6.28. The lowest BCUT2D eigenvalue weighted by Crippen LogP contribution is -2.40. The number of nitrogens with zero attached hydrogens (tertiary/aromatic N) is 1. The second-order valence-electron chi connectivity index (χ2n) is 6.41. The number of nitrogens with one attached hydrogen (secondary N) is 2. The van der Waals surface area contributed by atoms with Crippen LogP contribution in [0.2, 0.25) is 0 Å². The zero-order chi connectivity index (χ0) is 20.1. The number of hydrogen-bond acceptors (Lipinski definition) is 5. The van der Waals surface area contributed by atoms with E-state index in [0.29, 0.717) is 43.2 Å². The average molecular weight is 407 g/mol. The molecule has 0 aromatic heterocycles. The largest absolute Gasteiger partial charge is 0.379 e. The highest BCUT2D eigenvalue weighted by Crippen LogP contribution is 2.19. The van der Waals surface area contributed by atoms with Crippen molar-refractivity contribution >= 4 is 27.3 Å². The summed E-state index contributed by atoms with van der Waals surface area (Å²) in [4.78, 5) is 12.2. The molecule has 2 aromatic carbocycles. The number of carbonyl (C=O) groups excluding carboxylic acids is 1. The van der Waals surface area contributed by atoms with E-state index in [1.54, 1.807) is 19.1 Å². The van der Waals surface area contributed by atoms with Crippen LogP contribution in [0.15, 0.2) is 47.4 Å². The molecule has 150 valence electrons. The minimum Gasteiger partial charge on any atom is -0.379 e. The Balaban J connectivity index is 1.57. The number of anilines is 2. The summed E-state index contributed by atoms with van der Waals surface area (Å²) >= 11 is 0. The molecule has 1 heterocycles. The topological polar surface area (TPSA) is 87.7 Å². The summed E-state index contributed by atoms with van der Waals surface area (Å²) in [5.41, 5.74) is 1.51. The molecule has 1 aliphatic heterocycles. The van der Waals surface area contributed by atoms with Crippen molar-refractivity contribution in [1.82, 2.24) is 4.31 Å². The SMILES string of the molecule is Cc1ccc(NCC(=O)Nc2ccc(S(=O)(=O)N3CCOCC3)cc2)cc1F. The number of aryl methyl sites for hydroxylation is 1. The van der Waals surface area contributed by atoms with Crippen molar-refractivity contribution in [1.29, 1.82) is 0 Å². The highest BCUT2D eigenvalue weighted by molar-refractivity contribution is 7.89. The van der Waals surface area contributed by atoms with Crippen LogP contribution in [0.1, 0.15) is 5.56 Å². The van der Waals surface area contributed by atoms with Gasteiger partial charge in [-0.05, 0) is 48.9 Å². The fraction of sp³-hybridized carbons (Fsp3) is 0.316. The second-order valence-corrected chi connectivity index (χ2v) is 8.34. The van der Waals surface area contributed by atoms with Crippen LogP contribution in [0, 0.1) is 12.7 Å². The molecule has 28 heavy (non-hydrogen) atoms. The van der Waals surface area contributed by atoms with Gasteiger partial charge in [0, 0.05) is 24.5 Å². The molecule has 0 aliphatic carbocycles. The first kappa shape index (κ1) is 20.2. The Morgan fingerprint density at radius 3 is 2.39 bits per heavy atom. The molecule has 9 heteroatoms. The van der Waals surface area contributed by atoms with E-state index in [0.717, 1.165) is 0 Å². The first-order valence-corrected chi connectivity index (χ1v) is 10.3. The predicted octanol–water partition coefficient (Wildman–Crippen LogP) is 2.21. The number of ether oxygens (including phenoxy) is 1. The third-order valence-electron chi connectivity index (χ3n) is 4.37. The molecule has 2 N–H and O–H groups in total. The first-order chi connectivity index (χ1) is 13.4. The molecule has 0 atom stereocenters. The van der Waals surface area contributed by atoms with Gasteiger partial charge in [-0.2, -0.15) is 4.31 Å². The van der Waals surface area contributed by atoms with Crippen LogP contribution in [0.25, 0.3) is 0 Å². The summed E-state index contributed by atoms with van der Waals surface area (Å²) in [6.45, 7) is 3.03. The highest BCUT2D eigenvalue weighted by Gasteiger charge is 2.26. The van der Waals surface area contributed by atoms with E-state index >= 15 is 0 Å². The van der Waals surface area contributed by atoms with Gasteiger partial charge < -0.3 is 15.4 Å². The number of amides is 1. The van der Waals surface area contributed by atoms with Crippen LogP contribution < -0.4 is 10.6 Å². The quantitative estimate of drug-likeness (QED) is 0.767. The predicted molar refractivity (Wildman–Crippen MR) is 104 cm³/mol. The number of morpholine rings is 1. The average Bonchev–Trinajstić information content (AvgIpc) is 2.70. The minimum absolute atomic E-state index is 0.0453. The van der Waals surface area contributed by atoms with Crippen LogP contribution >= 0.6 is 0 Å². The van der Waals surface area contributed by atoms with E-state index in [1.807, 2.05) is 0 Å². The lowest BCUT2D eigenvalue weighted by Gasteiger charge is -2.26. The maximum Gasteiger partial charge on any atom is 0.243 e. The van der Waals surface area contributed by atoms with Crippen molar-refractivity contribution in [3.8, 4) is 0 Å². The lowest BCUT2D eigenvalue weighted by molar-refractivity contribution is -0.114. The van der Waals surface area contributed by atoms with Crippen molar-refractivity contribution in [3.05, 3.63) is 53.8 Å². The van der Waals surface area contributed by atoms with Crippen molar-refractivity contribution in [3.63, 3.8) is 0 Å². The molecule has 3 rings (SSSR count). The third-order valence-corrected chi connectivity index (χ3v) is 6.28. The molecular formula is C19H22FN3O4S. The standard InChI is InChI=1S/C19H22FN3O4S/c1-14-2-3-16(12-18(14)20)21-13-19(24)22-15-4-6-17(7-5-15)28(25,26)23-8-10-27-11-9-23/h2-7,12,21H,8-11,13H2,1H3,(H,22,24). The molecular weight excluding hydrogens is 385 g/mol. The highest BCUT2D eigenvalue weighted by atomic mass is 32.2. The maximum atomic E-state index is 13.5. The number of rotatable bonds is 6. The van der Waals surface area contributed by atoms with E-state index < -0.39 is 10.0 Å². The maximum absolute atomic E-state index is 13.5. The van der Waals surface area contributed by atoms with Gasteiger partial charge in [-0.1, -0.05) is 6.07 Å². The van der Waals surface area contributed by atoms with Crippen molar-refractivity contribution in [2.24, 2.45) is 0 Å². The van der Waals surface area contributed by atoms with Crippen molar-refractivity contribution in [2.75, 3.05) is 43.5 Å². The van der Waals surface area contributed by atoms with Crippen LogP contribution in [0.4, 0.5) is 15.8 Å². The third kappa shape index (κ3) is 4.86. The van der Waals surface area contributed by atoms with Crippen LogP contribution in [0.3, 0.4) is 0 Å². The van der Waals surface area contributed by atoms with Gasteiger partial charge in [-0.15, -0.1) is 0 Å². The number of benzene rings is 2. The smallest absolute Gasteiger partial charge is 0.243 e. The summed E-state index contributed by atoms with van der Waals surface area (Å²) in [5, 5.41) is 5.52. The van der Waals surface area contributed by atoms with Gasteiger partial charge in [0.25, 0.3) is 0 Å². The lowest BCUT2D eigenvalue weighted by atomic mass is 10.2. The molecule has 1 saturated heterocycles. The van der Waals surface area contributed by atoms with Gasteiger partial charge in [0.05, 0.1) is 24.7 Å². The molecule has 2 aromatic rings. The zero-order valence-electron chi connectivity index (χ0n) is 15.4. The number of carbonyl (C=O) groups is 1. The molecule has 1 amide bonds. The van der Waals surface area contributed by atoms with Crippen molar-refractivity contribution < 1.29 is 22.3 Å². The molecule has 0 saturated carbocycles. The van der Waals surface area contributed by atoms with Crippen molar-refractivity contribution in [2.45, 2.75) is 11.8 Å². The number of hydrogen-bond donors (Lipinski definition) is 2. The summed E-state index contributed by atoms with van der Waals surface area (Å²) in [6, 6.07) is 10.6. The fourth-order valence-electron chi connectivity index (χ4n) is 2.74. The first-order valence-electron chi connectivity index (χ1n) is 8.84. The summed E-state index contributed by atoms with van der Waals surface area (Å²) in [5.74, 6) is -0.674. The van der Waals surface area contributed by atoms with Gasteiger partial charge in [0.1, 0.15) is 5.82 Å². The Morgan fingerprint density at radius 1 is 1.11 bits per heavy atom. The van der Waals surface area contributed by atoms with Crippen LogP contribution in [-0.4, -0.2) is 51.5 Å². The Bertz CT molecular complexity index is 942. The van der Waals surface area contributed by atoms with Gasteiger partial charge >= 0.3 is 0 Å². The molecule has 0 bridgehead atoms. The Hall–Kier alpha value is -2.49. The normalized spacial score (nSPS) is 15.2. The molecule has 1 fully saturated rings. The van der Waals surface area contributed by atoms with E-state index in [4.69, 9.17) is 4.74 Å². The van der Waals surface area contributed by atoms with E-state index in [2.05, 4.69) is 10.6 Å². The molecule has 0 spiro atoms. The molecule has 1 aliphatic rings. The molecule has 0 radical (unpaired) electrons. The van der Waals surface area contributed by atoms with E-state index in [9.17, 15) is 17.6 Å². The molecule has 7 nitrogen and oxygen atoms in total. The van der Waals surface area contributed by atoms with Crippen LogP contribution in [0.5, 0.6) is 0 Å². The van der Waals surface area contributed by atoms with Crippen LogP contribution in [-0.2, 0) is 19.6 Å². The monoisotopic (exact) mass is 407 g/mol.